The molecule has 1 amide bonds. The third-order valence-corrected chi connectivity index (χ3v) is 4.11. The first-order valence-corrected chi connectivity index (χ1v) is 7.20. The van der Waals surface area contributed by atoms with Crippen LogP contribution in [0.3, 0.4) is 0 Å². The molecular weight excluding hydrogens is 369 g/mol. The fraction of sp³-hybridized carbons (Fsp3) is 0.0833. The van der Waals surface area contributed by atoms with Crippen LogP contribution in [-0.2, 0) is 6.54 Å². The van der Waals surface area contributed by atoms with Crippen molar-refractivity contribution in [1.29, 1.82) is 0 Å². The Hall–Kier alpha value is -0.590. The monoisotopic (exact) mass is 377 g/mol. The summed E-state index contributed by atoms with van der Waals surface area (Å²) < 4.78 is 1.85. The van der Waals surface area contributed by atoms with Crippen molar-refractivity contribution in [2.45, 2.75) is 6.54 Å². The number of thiophene rings is 1. The van der Waals surface area contributed by atoms with Gasteiger partial charge in [0.2, 0.25) is 0 Å². The van der Waals surface area contributed by atoms with Gasteiger partial charge < -0.3 is 5.32 Å². The molecule has 2 nitrogen and oxygen atoms in total. The van der Waals surface area contributed by atoms with E-state index >= 15 is 0 Å². The van der Waals surface area contributed by atoms with E-state index in [2.05, 4.69) is 27.9 Å². The molecule has 0 atom stereocenters. The Morgan fingerprint density at radius 3 is 2.53 bits per heavy atom. The molecule has 0 saturated heterocycles. The number of rotatable bonds is 3. The van der Waals surface area contributed by atoms with Gasteiger partial charge in [-0.3, -0.25) is 4.79 Å². The van der Waals surface area contributed by atoms with E-state index in [-0.39, 0.29) is 5.91 Å². The summed E-state index contributed by atoms with van der Waals surface area (Å²) in [6.45, 7) is 0.516. The number of hydrogen-bond donors (Lipinski definition) is 1. The van der Waals surface area contributed by atoms with Crippen LogP contribution in [0.4, 0.5) is 0 Å². The van der Waals surface area contributed by atoms with Gasteiger partial charge in [0.25, 0.3) is 5.91 Å². The Kier molecular flexibility index (Phi) is 4.42. The lowest BCUT2D eigenvalue weighted by Crippen LogP contribution is -2.22. The Morgan fingerprint density at radius 1 is 1.24 bits per heavy atom. The zero-order valence-electron chi connectivity index (χ0n) is 8.74. The molecule has 1 N–H and O–H groups in total. The highest BCUT2D eigenvalue weighted by Gasteiger charge is 2.05. The lowest BCUT2D eigenvalue weighted by atomic mass is 10.2. The average Bonchev–Trinajstić information content (AvgIpc) is 2.73. The average molecular weight is 378 g/mol. The number of hydrogen-bond acceptors (Lipinski definition) is 2. The third-order valence-electron chi connectivity index (χ3n) is 2.16. The second-order valence-electron chi connectivity index (χ2n) is 3.40. The van der Waals surface area contributed by atoms with Crippen LogP contribution in [-0.4, -0.2) is 5.91 Å². The lowest BCUT2D eigenvalue weighted by molar-refractivity contribution is 0.0951. The molecule has 2 rings (SSSR count). The van der Waals surface area contributed by atoms with E-state index in [0.29, 0.717) is 12.1 Å². The van der Waals surface area contributed by atoms with Gasteiger partial charge in [0.05, 0.1) is 10.9 Å². The fourth-order valence-electron chi connectivity index (χ4n) is 1.32. The fourth-order valence-corrected chi connectivity index (χ4v) is 2.70. The highest BCUT2D eigenvalue weighted by Crippen LogP contribution is 2.21. The van der Waals surface area contributed by atoms with Crippen LogP contribution >= 0.6 is 45.5 Å². The first kappa shape index (κ1) is 12.9. The zero-order chi connectivity index (χ0) is 12.3. The number of halogens is 2. The molecule has 1 heterocycles. The van der Waals surface area contributed by atoms with Gasteiger partial charge in [0, 0.05) is 14.0 Å². The van der Waals surface area contributed by atoms with Crippen LogP contribution in [0.2, 0.25) is 4.34 Å². The van der Waals surface area contributed by atoms with E-state index < -0.39 is 0 Å². The van der Waals surface area contributed by atoms with Crippen molar-refractivity contribution in [3.63, 3.8) is 0 Å². The van der Waals surface area contributed by atoms with Gasteiger partial charge in [-0.25, -0.2) is 0 Å². The molecule has 0 radical (unpaired) electrons. The molecule has 0 fully saturated rings. The minimum atomic E-state index is -0.0640. The van der Waals surface area contributed by atoms with E-state index in [4.69, 9.17) is 11.6 Å². The van der Waals surface area contributed by atoms with Gasteiger partial charge >= 0.3 is 0 Å². The maximum atomic E-state index is 11.8. The molecular formula is C12H9ClINOS. The molecule has 17 heavy (non-hydrogen) atoms. The van der Waals surface area contributed by atoms with Crippen molar-refractivity contribution in [3.8, 4) is 0 Å². The molecule has 2 aromatic rings. The van der Waals surface area contributed by atoms with Crippen LogP contribution in [0, 0.1) is 3.57 Å². The van der Waals surface area contributed by atoms with Gasteiger partial charge in [0.1, 0.15) is 0 Å². The minimum absolute atomic E-state index is 0.0640. The number of amides is 1. The topological polar surface area (TPSA) is 29.1 Å². The summed E-state index contributed by atoms with van der Waals surface area (Å²) in [4.78, 5) is 12.8. The second kappa shape index (κ2) is 5.84. The van der Waals surface area contributed by atoms with E-state index in [1.54, 1.807) is 0 Å². The van der Waals surface area contributed by atoms with Crippen LogP contribution in [0.1, 0.15) is 15.2 Å². The molecule has 0 bridgehead atoms. The standard InChI is InChI=1S/C12H9ClINOS/c13-11-6-5-10(17-11)7-15-12(16)8-1-3-9(14)4-2-8/h1-6H,7H2,(H,15,16). The molecule has 5 heteroatoms. The molecule has 0 spiro atoms. The van der Waals surface area contributed by atoms with Crippen molar-refractivity contribution in [2.24, 2.45) is 0 Å². The van der Waals surface area contributed by atoms with Gasteiger partial charge in [-0.05, 0) is 59.0 Å². The number of nitrogens with one attached hydrogen (secondary N) is 1. The highest BCUT2D eigenvalue weighted by atomic mass is 127. The maximum Gasteiger partial charge on any atom is 0.251 e. The summed E-state index contributed by atoms with van der Waals surface area (Å²) in [6.07, 6.45) is 0. The molecule has 0 unspecified atom stereocenters. The lowest BCUT2D eigenvalue weighted by Gasteiger charge is -2.03. The van der Waals surface area contributed by atoms with Crippen molar-refractivity contribution in [2.75, 3.05) is 0 Å². The number of benzene rings is 1. The predicted molar refractivity (Wildman–Crippen MR) is 79.7 cm³/mol. The van der Waals surface area contributed by atoms with Crippen LogP contribution in [0.25, 0.3) is 0 Å². The van der Waals surface area contributed by atoms with Crippen LogP contribution in [0.5, 0.6) is 0 Å². The van der Waals surface area contributed by atoms with Gasteiger partial charge in [-0.2, -0.15) is 0 Å². The summed E-state index contributed by atoms with van der Waals surface area (Å²) in [6, 6.07) is 11.2. The first-order chi connectivity index (χ1) is 8.15. The Morgan fingerprint density at radius 2 is 1.94 bits per heavy atom. The Bertz CT molecular complexity index is 524. The van der Waals surface area contributed by atoms with Gasteiger partial charge in [-0.15, -0.1) is 11.3 Å². The largest absolute Gasteiger partial charge is 0.347 e. The maximum absolute atomic E-state index is 11.8. The Balaban J connectivity index is 1.95. The normalized spacial score (nSPS) is 10.2. The van der Waals surface area contributed by atoms with Gasteiger partial charge in [-0.1, -0.05) is 11.6 Å². The van der Waals surface area contributed by atoms with Crippen molar-refractivity contribution in [3.05, 3.63) is 54.7 Å². The summed E-state index contributed by atoms with van der Waals surface area (Å²) in [5.41, 5.74) is 0.674. The Labute approximate surface area is 122 Å². The molecule has 1 aromatic carbocycles. The molecule has 1 aromatic heterocycles. The van der Waals surface area contributed by atoms with E-state index in [0.717, 1.165) is 12.8 Å². The second-order valence-corrected chi connectivity index (χ2v) is 6.44. The predicted octanol–water partition coefficient (Wildman–Crippen LogP) is 3.94. The van der Waals surface area contributed by atoms with Crippen molar-refractivity contribution in [1.82, 2.24) is 5.32 Å². The third kappa shape index (κ3) is 3.69. The van der Waals surface area contributed by atoms with Crippen LogP contribution < -0.4 is 5.32 Å². The zero-order valence-corrected chi connectivity index (χ0v) is 12.5. The number of carbonyl (C=O) groups is 1. The van der Waals surface area contributed by atoms with E-state index in [9.17, 15) is 4.79 Å². The first-order valence-electron chi connectivity index (χ1n) is 4.93. The van der Waals surface area contributed by atoms with E-state index in [1.807, 2.05) is 36.4 Å². The van der Waals surface area contributed by atoms with E-state index in [1.165, 1.54) is 11.3 Å². The summed E-state index contributed by atoms with van der Waals surface area (Å²) in [7, 11) is 0. The van der Waals surface area contributed by atoms with Crippen LogP contribution in [0.15, 0.2) is 36.4 Å². The number of carbonyl (C=O) groups excluding carboxylic acids is 1. The molecule has 88 valence electrons. The molecule has 0 saturated carbocycles. The molecule has 0 aliphatic rings. The van der Waals surface area contributed by atoms with Crippen molar-refractivity contribution < 1.29 is 4.79 Å². The summed E-state index contributed by atoms with van der Waals surface area (Å²) >= 11 is 9.50. The van der Waals surface area contributed by atoms with Gasteiger partial charge in [0.15, 0.2) is 0 Å². The highest BCUT2D eigenvalue weighted by molar-refractivity contribution is 14.1. The minimum Gasteiger partial charge on any atom is -0.347 e. The quantitative estimate of drug-likeness (QED) is 0.807. The summed E-state index contributed by atoms with van der Waals surface area (Å²) in [5.74, 6) is -0.0640. The smallest absolute Gasteiger partial charge is 0.251 e. The van der Waals surface area contributed by atoms with Crippen molar-refractivity contribution >= 4 is 51.4 Å². The molecule has 0 aliphatic heterocycles. The summed E-state index contributed by atoms with van der Waals surface area (Å²) in [5, 5.41) is 2.86. The molecule has 0 aliphatic carbocycles. The SMILES string of the molecule is O=C(NCc1ccc(Cl)s1)c1ccc(I)cc1.